The standard InChI is InChI=1S/C11H17BrS/c1-2-3-4-5-6-10-7-8-11(9-12)13-10/h7-8H,2-6,9H2,1H3. The molecule has 0 fully saturated rings. The molecule has 0 spiro atoms. The lowest BCUT2D eigenvalue weighted by atomic mass is 10.1. The van der Waals surface area contributed by atoms with Gasteiger partial charge in [-0.25, -0.2) is 0 Å². The molecule has 0 aromatic carbocycles. The van der Waals surface area contributed by atoms with Gasteiger partial charge in [-0.1, -0.05) is 42.1 Å². The summed E-state index contributed by atoms with van der Waals surface area (Å²) >= 11 is 5.42. The van der Waals surface area contributed by atoms with Crippen molar-refractivity contribution in [3.8, 4) is 0 Å². The molecule has 0 amide bonds. The van der Waals surface area contributed by atoms with Crippen LogP contribution in [0, 0.1) is 0 Å². The Balaban J connectivity index is 2.20. The van der Waals surface area contributed by atoms with Crippen LogP contribution in [0.2, 0.25) is 0 Å². The van der Waals surface area contributed by atoms with Gasteiger partial charge in [0, 0.05) is 15.1 Å². The first-order valence-corrected chi connectivity index (χ1v) is 6.94. The number of halogens is 1. The summed E-state index contributed by atoms with van der Waals surface area (Å²) < 4.78 is 0. The zero-order chi connectivity index (χ0) is 9.52. The molecule has 0 unspecified atom stereocenters. The molecule has 0 aliphatic carbocycles. The Morgan fingerprint density at radius 1 is 1.15 bits per heavy atom. The van der Waals surface area contributed by atoms with Gasteiger partial charge in [-0.05, 0) is 25.0 Å². The normalized spacial score (nSPS) is 10.6. The van der Waals surface area contributed by atoms with E-state index in [4.69, 9.17) is 0 Å². The molecule has 74 valence electrons. The molecule has 1 aromatic rings. The van der Waals surface area contributed by atoms with Crippen molar-refractivity contribution in [3.05, 3.63) is 21.9 Å². The summed E-state index contributed by atoms with van der Waals surface area (Å²) in [6.45, 7) is 2.26. The molecule has 1 aromatic heterocycles. The van der Waals surface area contributed by atoms with E-state index < -0.39 is 0 Å². The Morgan fingerprint density at radius 3 is 2.54 bits per heavy atom. The first-order chi connectivity index (χ1) is 6.36. The van der Waals surface area contributed by atoms with Crippen LogP contribution in [0.5, 0.6) is 0 Å². The molecule has 0 N–H and O–H groups in total. The van der Waals surface area contributed by atoms with Gasteiger partial charge in [-0.2, -0.15) is 0 Å². The Morgan fingerprint density at radius 2 is 1.92 bits per heavy atom. The second-order valence-corrected chi connectivity index (χ2v) is 5.13. The van der Waals surface area contributed by atoms with Gasteiger partial charge in [0.2, 0.25) is 0 Å². The van der Waals surface area contributed by atoms with Crippen LogP contribution in [0.1, 0.15) is 42.4 Å². The van der Waals surface area contributed by atoms with Crippen LogP contribution >= 0.6 is 27.3 Å². The minimum absolute atomic E-state index is 1.01. The van der Waals surface area contributed by atoms with E-state index in [0.717, 1.165) is 5.33 Å². The maximum Gasteiger partial charge on any atom is 0.0377 e. The van der Waals surface area contributed by atoms with Crippen LogP contribution in [-0.2, 0) is 11.8 Å². The van der Waals surface area contributed by atoms with Gasteiger partial charge in [-0.15, -0.1) is 11.3 Å². The number of alkyl halides is 1. The van der Waals surface area contributed by atoms with E-state index >= 15 is 0 Å². The molecule has 13 heavy (non-hydrogen) atoms. The van der Waals surface area contributed by atoms with Gasteiger partial charge in [-0.3, -0.25) is 0 Å². The Bertz CT molecular complexity index is 230. The van der Waals surface area contributed by atoms with Crippen molar-refractivity contribution in [1.82, 2.24) is 0 Å². The number of rotatable bonds is 6. The molecular formula is C11H17BrS. The number of thiophene rings is 1. The summed E-state index contributed by atoms with van der Waals surface area (Å²) in [6.07, 6.45) is 6.74. The van der Waals surface area contributed by atoms with Crippen LogP contribution in [0.4, 0.5) is 0 Å². The third kappa shape index (κ3) is 4.28. The van der Waals surface area contributed by atoms with Crippen LogP contribution in [0.15, 0.2) is 12.1 Å². The summed E-state index contributed by atoms with van der Waals surface area (Å²) in [7, 11) is 0. The summed E-state index contributed by atoms with van der Waals surface area (Å²) in [6, 6.07) is 4.50. The largest absolute Gasteiger partial charge is 0.145 e. The SMILES string of the molecule is CCCCCCc1ccc(CBr)s1. The number of hydrogen-bond acceptors (Lipinski definition) is 1. The number of hydrogen-bond donors (Lipinski definition) is 0. The molecule has 2 heteroatoms. The summed E-state index contributed by atoms with van der Waals surface area (Å²) in [5.41, 5.74) is 0. The predicted molar refractivity (Wildman–Crippen MR) is 64.8 cm³/mol. The number of unbranched alkanes of at least 4 members (excludes halogenated alkanes) is 3. The van der Waals surface area contributed by atoms with Crippen LogP contribution in [0.25, 0.3) is 0 Å². The number of aryl methyl sites for hydroxylation is 1. The first-order valence-electron chi connectivity index (χ1n) is 5.00. The maximum atomic E-state index is 3.47. The summed E-state index contributed by atoms with van der Waals surface area (Å²) in [5, 5.41) is 1.01. The average Bonchev–Trinajstić information content (AvgIpc) is 2.60. The second kappa shape index (κ2) is 6.61. The maximum absolute atomic E-state index is 3.47. The van der Waals surface area contributed by atoms with E-state index in [2.05, 4.69) is 35.0 Å². The van der Waals surface area contributed by atoms with E-state index in [1.807, 2.05) is 11.3 Å². The summed E-state index contributed by atoms with van der Waals surface area (Å²) in [4.78, 5) is 3.00. The monoisotopic (exact) mass is 260 g/mol. The van der Waals surface area contributed by atoms with E-state index in [-0.39, 0.29) is 0 Å². The Labute approximate surface area is 93.5 Å². The first kappa shape index (κ1) is 11.3. The van der Waals surface area contributed by atoms with Crippen molar-refractivity contribution >= 4 is 27.3 Å². The van der Waals surface area contributed by atoms with E-state index in [9.17, 15) is 0 Å². The molecule has 0 radical (unpaired) electrons. The highest BCUT2D eigenvalue weighted by Crippen LogP contribution is 2.20. The average molecular weight is 261 g/mol. The lowest BCUT2D eigenvalue weighted by molar-refractivity contribution is 0.670. The van der Waals surface area contributed by atoms with Gasteiger partial charge in [0.25, 0.3) is 0 Å². The van der Waals surface area contributed by atoms with E-state index in [1.54, 1.807) is 4.88 Å². The highest BCUT2D eigenvalue weighted by atomic mass is 79.9. The zero-order valence-corrected chi connectivity index (χ0v) is 10.6. The van der Waals surface area contributed by atoms with Gasteiger partial charge in [0.05, 0.1) is 0 Å². The van der Waals surface area contributed by atoms with Crippen molar-refractivity contribution < 1.29 is 0 Å². The molecular weight excluding hydrogens is 244 g/mol. The van der Waals surface area contributed by atoms with Gasteiger partial charge < -0.3 is 0 Å². The van der Waals surface area contributed by atoms with Crippen LogP contribution < -0.4 is 0 Å². The predicted octanol–water partition coefficient (Wildman–Crippen LogP) is 4.77. The molecule has 1 rings (SSSR count). The van der Waals surface area contributed by atoms with Crippen molar-refractivity contribution in [2.24, 2.45) is 0 Å². The molecule has 1 heterocycles. The molecule has 0 saturated carbocycles. The minimum Gasteiger partial charge on any atom is -0.145 e. The molecule has 0 nitrogen and oxygen atoms in total. The highest BCUT2D eigenvalue weighted by molar-refractivity contribution is 9.08. The fourth-order valence-corrected chi connectivity index (χ4v) is 2.79. The third-order valence-corrected chi connectivity index (χ3v) is 4.25. The molecule has 0 aliphatic rings. The minimum atomic E-state index is 1.01. The molecule has 0 aliphatic heterocycles. The van der Waals surface area contributed by atoms with Gasteiger partial charge in [0.15, 0.2) is 0 Å². The lowest BCUT2D eigenvalue weighted by Gasteiger charge is -1.96. The van der Waals surface area contributed by atoms with Crippen LogP contribution in [0.3, 0.4) is 0 Å². The Hall–Kier alpha value is 0.180. The fourth-order valence-electron chi connectivity index (χ4n) is 1.35. The smallest absolute Gasteiger partial charge is 0.0377 e. The third-order valence-electron chi connectivity index (χ3n) is 2.13. The highest BCUT2D eigenvalue weighted by Gasteiger charge is 1.98. The van der Waals surface area contributed by atoms with E-state index in [1.165, 1.54) is 37.0 Å². The van der Waals surface area contributed by atoms with Crippen molar-refractivity contribution in [2.45, 2.75) is 44.4 Å². The van der Waals surface area contributed by atoms with Crippen LogP contribution in [-0.4, -0.2) is 0 Å². The topological polar surface area (TPSA) is 0 Å². The second-order valence-electron chi connectivity index (χ2n) is 3.31. The van der Waals surface area contributed by atoms with Crippen molar-refractivity contribution in [3.63, 3.8) is 0 Å². The van der Waals surface area contributed by atoms with E-state index in [0.29, 0.717) is 0 Å². The fraction of sp³-hybridized carbons (Fsp3) is 0.636. The van der Waals surface area contributed by atoms with Crippen molar-refractivity contribution in [1.29, 1.82) is 0 Å². The van der Waals surface area contributed by atoms with Crippen molar-refractivity contribution in [2.75, 3.05) is 0 Å². The molecule has 0 saturated heterocycles. The zero-order valence-electron chi connectivity index (χ0n) is 8.18. The molecule has 0 atom stereocenters. The van der Waals surface area contributed by atoms with Gasteiger partial charge >= 0.3 is 0 Å². The molecule has 0 bridgehead atoms. The lowest BCUT2D eigenvalue weighted by Crippen LogP contribution is -1.80. The quantitative estimate of drug-likeness (QED) is 0.511. The van der Waals surface area contributed by atoms with Gasteiger partial charge in [0.1, 0.15) is 0 Å². The summed E-state index contributed by atoms with van der Waals surface area (Å²) in [5.74, 6) is 0. The Kier molecular flexibility index (Phi) is 5.72.